The lowest BCUT2D eigenvalue weighted by Gasteiger charge is -2.36. The Morgan fingerprint density at radius 2 is 2.42 bits per heavy atom. The molecule has 0 aromatic carbocycles. The standard InChI is InChI=1S/C13H19N5O/c1-17(2)8-11-9-18(3-4-19-11)12-5-13(15)16-7-10(12)6-14/h5,7,11H,3-4,8-9H2,1-2H3,(H2,15,16)/t11-/m1/s1. The van der Waals surface area contributed by atoms with Crippen LogP contribution >= 0.6 is 0 Å². The number of hydrogen-bond donors (Lipinski definition) is 1. The molecular weight excluding hydrogens is 242 g/mol. The number of morpholine rings is 1. The molecule has 1 aromatic heterocycles. The third-order valence-corrected chi connectivity index (χ3v) is 3.07. The second-order valence-corrected chi connectivity index (χ2v) is 4.94. The molecular formula is C13H19N5O. The van der Waals surface area contributed by atoms with Gasteiger partial charge in [0, 0.05) is 31.9 Å². The summed E-state index contributed by atoms with van der Waals surface area (Å²) in [4.78, 5) is 8.21. The van der Waals surface area contributed by atoms with Gasteiger partial charge in [0.1, 0.15) is 11.9 Å². The Labute approximate surface area is 113 Å². The van der Waals surface area contributed by atoms with E-state index in [1.807, 2.05) is 14.1 Å². The quantitative estimate of drug-likeness (QED) is 0.843. The van der Waals surface area contributed by atoms with E-state index in [1.165, 1.54) is 6.20 Å². The highest BCUT2D eigenvalue weighted by Crippen LogP contribution is 2.23. The van der Waals surface area contributed by atoms with Gasteiger partial charge in [-0.2, -0.15) is 5.26 Å². The molecule has 1 aliphatic heterocycles. The Kier molecular flexibility index (Phi) is 4.20. The van der Waals surface area contributed by atoms with Gasteiger partial charge in [-0.05, 0) is 14.1 Å². The topological polar surface area (TPSA) is 78.4 Å². The third kappa shape index (κ3) is 3.34. The van der Waals surface area contributed by atoms with Crippen molar-refractivity contribution >= 4 is 11.5 Å². The van der Waals surface area contributed by atoms with Crippen molar-refractivity contribution in [2.75, 3.05) is 51.0 Å². The van der Waals surface area contributed by atoms with Crippen LogP contribution in [0.1, 0.15) is 5.56 Å². The summed E-state index contributed by atoms with van der Waals surface area (Å²) >= 11 is 0. The second-order valence-electron chi connectivity index (χ2n) is 4.94. The van der Waals surface area contributed by atoms with Crippen molar-refractivity contribution in [1.82, 2.24) is 9.88 Å². The predicted molar refractivity (Wildman–Crippen MR) is 73.9 cm³/mol. The molecule has 0 amide bonds. The molecule has 0 radical (unpaired) electrons. The van der Waals surface area contributed by atoms with E-state index in [1.54, 1.807) is 6.07 Å². The zero-order valence-corrected chi connectivity index (χ0v) is 11.3. The molecule has 0 bridgehead atoms. The molecule has 0 aliphatic carbocycles. The second kappa shape index (κ2) is 5.87. The van der Waals surface area contributed by atoms with Crippen molar-refractivity contribution in [3.8, 4) is 6.07 Å². The van der Waals surface area contributed by atoms with Crippen LogP contribution in [0.4, 0.5) is 11.5 Å². The van der Waals surface area contributed by atoms with Crippen LogP contribution in [-0.2, 0) is 4.74 Å². The Balaban J connectivity index is 2.17. The molecule has 0 unspecified atom stereocenters. The lowest BCUT2D eigenvalue weighted by Crippen LogP contribution is -2.46. The van der Waals surface area contributed by atoms with Gasteiger partial charge in [-0.15, -0.1) is 0 Å². The number of nitrogens with two attached hydrogens (primary N) is 1. The van der Waals surface area contributed by atoms with E-state index >= 15 is 0 Å². The lowest BCUT2D eigenvalue weighted by atomic mass is 10.2. The first-order valence-corrected chi connectivity index (χ1v) is 6.27. The van der Waals surface area contributed by atoms with E-state index in [9.17, 15) is 0 Å². The van der Waals surface area contributed by atoms with Gasteiger partial charge in [0.15, 0.2) is 0 Å². The molecule has 2 heterocycles. The predicted octanol–water partition coefficient (Wildman–Crippen LogP) is 0.302. The maximum absolute atomic E-state index is 9.15. The smallest absolute Gasteiger partial charge is 0.125 e. The van der Waals surface area contributed by atoms with Crippen LogP contribution in [0, 0.1) is 11.3 Å². The van der Waals surface area contributed by atoms with E-state index < -0.39 is 0 Å². The van der Waals surface area contributed by atoms with Gasteiger partial charge in [0.25, 0.3) is 0 Å². The maximum Gasteiger partial charge on any atom is 0.125 e. The number of anilines is 2. The minimum Gasteiger partial charge on any atom is -0.384 e. The number of likely N-dealkylation sites (N-methyl/N-ethyl adjacent to an activating group) is 1. The van der Waals surface area contributed by atoms with Crippen molar-refractivity contribution in [3.05, 3.63) is 17.8 Å². The van der Waals surface area contributed by atoms with E-state index in [4.69, 9.17) is 15.7 Å². The highest BCUT2D eigenvalue weighted by molar-refractivity contribution is 5.62. The van der Waals surface area contributed by atoms with Gasteiger partial charge in [-0.3, -0.25) is 0 Å². The monoisotopic (exact) mass is 261 g/mol. The van der Waals surface area contributed by atoms with Crippen molar-refractivity contribution < 1.29 is 4.74 Å². The number of nitrogens with zero attached hydrogens (tertiary/aromatic N) is 4. The van der Waals surface area contributed by atoms with Crippen molar-refractivity contribution in [2.45, 2.75) is 6.10 Å². The molecule has 2 N–H and O–H groups in total. The van der Waals surface area contributed by atoms with Gasteiger partial charge >= 0.3 is 0 Å². The normalized spacial score (nSPS) is 19.5. The summed E-state index contributed by atoms with van der Waals surface area (Å²) < 4.78 is 5.73. The number of rotatable bonds is 3. The largest absolute Gasteiger partial charge is 0.384 e. The minimum absolute atomic E-state index is 0.143. The van der Waals surface area contributed by atoms with Gasteiger partial charge in [-0.1, -0.05) is 0 Å². The fraction of sp³-hybridized carbons (Fsp3) is 0.538. The zero-order chi connectivity index (χ0) is 13.8. The first-order chi connectivity index (χ1) is 9.10. The SMILES string of the molecule is CN(C)C[C@@H]1CN(c2cc(N)ncc2C#N)CCO1. The first kappa shape index (κ1) is 13.6. The number of nitrogen functional groups attached to an aromatic ring is 1. The van der Waals surface area contributed by atoms with E-state index in [-0.39, 0.29) is 6.10 Å². The van der Waals surface area contributed by atoms with Crippen LogP contribution < -0.4 is 10.6 Å². The summed E-state index contributed by atoms with van der Waals surface area (Å²) in [6, 6.07) is 3.93. The van der Waals surface area contributed by atoms with Crippen LogP contribution in [0.3, 0.4) is 0 Å². The Morgan fingerprint density at radius 1 is 1.63 bits per heavy atom. The molecule has 102 valence electrons. The molecule has 1 aliphatic rings. The first-order valence-electron chi connectivity index (χ1n) is 6.27. The Morgan fingerprint density at radius 3 is 3.11 bits per heavy atom. The summed E-state index contributed by atoms with van der Waals surface area (Å²) in [7, 11) is 4.04. The van der Waals surface area contributed by atoms with E-state index in [0.29, 0.717) is 18.0 Å². The van der Waals surface area contributed by atoms with Crippen LogP contribution in [0.15, 0.2) is 12.3 Å². The van der Waals surface area contributed by atoms with Crippen molar-refractivity contribution in [1.29, 1.82) is 5.26 Å². The number of ether oxygens (including phenoxy) is 1. The molecule has 0 saturated carbocycles. The third-order valence-electron chi connectivity index (χ3n) is 3.07. The van der Waals surface area contributed by atoms with Gasteiger partial charge in [-0.25, -0.2) is 4.98 Å². The molecule has 1 fully saturated rings. The van der Waals surface area contributed by atoms with Gasteiger partial charge in [0.05, 0.1) is 24.0 Å². The van der Waals surface area contributed by atoms with Crippen molar-refractivity contribution in [3.63, 3.8) is 0 Å². The lowest BCUT2D eigenvalue weighted by molar-refractivity contribution is 0.0247. The molecule has 1 aromatic rings. The molecule has 1 atom stereocenters. The average Bonchev–Trinajstić information content (AvgIpc) is 2.38. The van der Waals surface area contributed by atoms with Gasteiger partial charge in [0.2, 0.25) is 0 Å². The van der Waals surface area contributed by atoms with Gasteiger partial charge < -0.3 is 20.3 Å². The summed E-state index contributed by atoms with van der Waals surface area (Å²) in [6.45, 7) is 3.04. The fourth-order valence-electron chi connectivity index (χ4n) is 2.26. The zero-order valence-electron chi connectivity index (χ0n) is 11.3. The summed E-state index contributed by atoms with van der Waals surface area (Å²) in [5, 5.41) is 9.15. The van der Waals surface area contributed by atoms with Crippen LogP contribution in [0.25, 0.3) is 0 Å². The number of nitriles is 1. The number of pyridine rings is 1. The Hall–Kier alpha value is -1.84. The molecule has 1 saturated heterocycles. The van der Waals surface area contributed by atoms with E-state index in [2.05, 4.69) is 20.9 Å². The molecule has 6 heteroatoms. The minimum atomic E-state index is 0.143. The van der Waals surface area contributed by atoms with Crippen LogP contribution in [0.2, 0.25) is 0 Å². The highest BCUT2D eigenvalue weighted by atomic mass is 16.5. The average molecular weight is 261 g/mol. The van der Waals surface area contributed by atoms with E-state index in [0.717, 1.165) is 25.3 Å². The van der Waals surface area contributed by atoms with Crippen LogP contribution in [0.5, 0.6) is 0 Å². The number of hydrogen-bond acceptors (Lipinski definition) is 6. The maximum atomic E-state index is 9.15. The molecule has 19 heavy (non-hydrogen) atoms. The summed E-state index contributed by atoms with van der Waals surface area (Å²) in [5.74, 6) is 0.435. The molecule has 6 nitrogen and oxygen atoms in total. The molecule has 0 spiro atoms. The fourth-order valence-corrected chi connectivity index (χ4v) is 2.26. The van der Waals surface area contributed by atoms with Crippen LogP contribution in [-0.4, -0.2) is 56.3 Å². The molecule has 2 rings (SSSR count). The van der Waals surface area contributed by atoms with Crippen molar-refractivity contribution in [2.24, 2.45) is 0 Å². The summed E-state index contributed by atoms with van der Waals surface area (Å²) in [5.41, 5.74) is 7.12. The summed E-state index contributed by atoms with van der Waals surface area (Å²) in [6.07, 6.45) is 1.67. The highest BCUT2D eigenvalue weighted by Gasteiger charge is 2.23. The Bertz CT molecular complexity index is 482. The number of aromatic nitrogens is 1.